The van der Waals surface area contributed by atoms with Crippen molar-refractivity contribution in [1.29, 1.82) is 0 Å². The predicted octanol–water partition coefficient (Wildman–Crippen LogP) is 3.31. The largest absolute Gasteiger partial charge is 0.331 e. The van der Waals surface area contributed by atoms with Gasteiger partial charge in [0.25, 0.3) is 0 Å². The van der Waals surface area contributed by atoms with Crippen molar-refractivity contribution in [1.82, 2.24) is 20.1 Å². The van der Waals surface area contributed by atoms with E-state index in [9.17, 15) is 4.79 Å². The smallest absolute Gasteiger partial charge is 0.319 e. The lowest BCUT2D eigenvalue weighted by molar-refractivity contribution is 0.251. The lowest BCUT2D eigenvalue weighted by atomic mass is 10.3. The van der Waals surface area contributed by atoms with E-state index in [0.717, 1.165) is 16.3 Å². The zero-order chi connectivity index (χ0) is 16.8. The van der Waals surface area contributed by atoms with Crippen LogP contribution in [0.1, 0.15) is 5.82 Å². The van der Waals surface area contributed by atoms with Crippen LogP contribution in [0, 0.1) is 0 Å². The number of thioether (sulfide) groups is 1. The molecule has 0 saturated heterocycles. The van der Waals surface area contributed by atoms with Gasteiger partial charge in [-0.2, -0.15) is 0 Å². The van der Waals surface area contributed by atoms with Crippen molar-refractivity contribution in [3.8, 4) is 5.69 Å². The van der Waals surface area contributed by atoms with Gasteiger partial charge in [-0.15, -0.1) is 22.0 Å². The second-order valence-corrected chi connectivity index (χ2v) is 5.87. The molecule has 0 aliphatic rings. The third-order valence-corrected chi connectivity index (χ3v) is 4.11. The molecule has 0 bridgehead atoms. The van der Waals surface area contributed by atoms with Crippen LogP contribution in [0.3, 0.4) is 0 Å². The van der Waals surface area contributed by atoms with Gasteiger partial charge in [0.2, 0.25) is 0 Å². The van der Waals surface area contributed by atoms with Gasteiger partial charge < -0.3 is 10.6 Å². The Morgan fingerprint density at radius 2 is 2.00 bits per heavy atom. The first kappa shape index (κ1) is 16.1. The molecule has 0 unspecified atom stereocenters. The number of hydrogen-bond donors (Lipinski definition) is 2. The van der Waals surface area contributed by atoms with Crippen LogP contribution in [0.4, 0.5) is 10.5 Å². The molecule has 3 rings (SSSR count). The first-order valence-electron chi connectivity index (χ1n) is 7.39. The predicted molar refractivity (Wildman–Crippen MR) is 95.4 cm³/mol. The molecule has 3 aromatic rings. The van der Waals surface area contributed by atoms with Crippen LogP contribution in [-0.2, 0) is 6.54 Å². The van der Waals surface area contributed by atoms with Crippen molar-refractivity contribution in [2.24, 2.45) is 0 Å². The van der Waals surface area contributed by atoms with Crippen molar-refractivity contribution >= 4 is 23.5 Å². The van der Waals surface area contributed by atoms with Crippen LogP contribution < -0.4 is 10.6 Å². The number of amides is 2. The summed E-state index contributed by atoms with van der Waals surface area (Å²) in [6.45, 7) is 0.281. The van der Waals surface area contributed by atoms with E-state index in [-0.39, 0.29) is 12.6 Å². The molecule has 7 heteroatoms. The van der Waals surface area contributed by atoms with E-state index in [1.165, 1.54) is 0 Å². The van der Waals surface area contributed by atoms with E-state index in [2.05, 4.69) is 20.8 Å². The molecule has 0 fully saturated rings. The third kappa shape index (κ3) is 3.94. The summed E-state index contributed by atoms with van der Waals surface area (Å²) in [7, 11) is 0. The normalized spacial score (nSPS) is 10.4. The Labute approximate surface area is 144 Å². The first-order chi connectivity index (χ1) is 11.8. The number of carbonyl (C=O) groups is 1. The Hall–Kier alpha value is -2.80. The van der Waals surface area contributed by atoms with Crippen molar-refractivity contribution in [2.45, 2.75) is 11.4 Å². The van der Waals surface area contributed by atoms with Gasteiger partial charge in [0.15, 0.2) is 5.82 Å². The van der Waals surface area contributed by atoms with Gasteiger partial charge in [0.05, 0.1) is 6.54 Å². The molecule has 1 aromatic heterocycles. The number of nitrogens with zero attached hydrogens (tertiary/aromatic N) is 3. The highest BCUT2D eigenvalue weighted by molar-refractivity contribution is 7.98. The van der Waals surface area contributed by atoms with Crippen LogP contribution in [0.25, 0.3) is 5.69 Å². The van der Waals surface area contributed by atoms with E-state index in [1.807, 2.05) is 65.4 Å². The Balaban J connectivity index is 1.62. The molecule has 2 amide bonds. The molecule has 0 radical (unpaired) electrons. The molecule has 6 nitrogen and oxygen atoms in total. The highest BCUT2D eigenvalue weighted by Gasteiger charge is 2.08. The maximum absolute atomic E-state index is 12.1. The Bertz CT molecular complexity index is 819. The second-order valence-electron chi connectivity index (χ2n) is 4.99. The number of para-hydroxylation sites is 1. The number of aromatic nitrogens is 3. The highest BCUT2D eigenvalue weighted by Crippen LogP contribution is 2.18. The number of carbonyl (C=O) groups excluding carboxylic acids is 1. The van der Waals surface area contributed by atoms with Gasteiger partial charge in [-0.1, -0.05) is 24.3 Å². The molecule has 0 aliphatic carbocycles. The molecule has 0 saturated carbocycles. The topological polar surface area (TPSA) is 71.8 Å². The van der Waals surface area contributed by atoms with Crippen molar-refractivity contribution < 1.29 is 4.79 Å². The standard InChI is InChI=1S/C17H17N5OS/c1-24-15-9-5-6-13(10-15)20-17(23)18-11-16-21-19-12-22(16)14-7-3-2-4-8-14/h2-10,12H,11H2,1H3,(H2,18,20,23). The Morgan fingerprint density at radius 3 is 2.79 bits per heavy atom. The number of urea groups is 1. The summed E-state index contributed by atoms with van der Waals surface area (Å²) in [6, 6.07) is 17.2. The maximum Gasteiger partial charge on any atom is 0.319 e. The summed E-state index contributed by atoms with van der Waals surface area (Å²) < 4.78 is 1.84. The number of nitrogens with one attached hydrogen (secondary N) is 2. The minimum absolute atomic E-state index is 0.281. The van der Waals surface area contributed by atoms with Crippen molar-refractivity contribution in [3.05, 3.63) is 66.7 Å². The number of hydrogen-bond acceptors (Lipinski definition) is 4. The minimum Gasteiger partial charge on any atom is -0.331 e. The molecule has 2 N–H and O–H groups in total. The molecule has 122 valence electrons. The fourth-order valence-corrected chi connectivity index (χ4v) is 2.68. The first-order valence-corrected chi connectivity index (χ1v) is 8.62. The fraction of sp³-hybridized carbons (Fsp3) is 0.118. The van der Waals surface area contributed by atoms with E-state index in [4.69, 9.17) is 0 Å². The molecule has 2 aromatic carbocycles. The molecule has 0 atom stereocenters. The van der Waals surface area contributed by atoms with Gasteiger partial charge >= 0.3 is 6.03 Å². The van der Waals surface area contributed by atoms with Gasteiger partial charge in [0, 0.05) is 16.3 Å². The number of anilines is 1. The van der Waals surface area contributed by atoms with E-state index >= 15 is 0 Å². The SMILES string of the molecule is CSc1cccc(NC(=O)NCc2nncn2-c2ccccc2)c1. The van der Waals surface area contributed by atoms with Crippen LogP contribution in [0.15, 0.2) is 65.8 Å². The third-order valence-electron chi connectivity index (χ3n) is 3.39. The summed E-state index contributed by atoms with van der Waals surface area (Å²) in [5.74, 6) is 0.661. The average Bonchev–Trinajstić information content (AvgIpc) is 3.09. The highest BCUT2D eigenvalue weighted by atomic mass is 32.2. The summed E-state index contributed by atoms with van der Waals surface area (Å²) in [4.78, 5) is 13.2. The quantitative estimate of drug-likeness (QED) is 0.700. The average molecular weight is 339 g/mol. The second kappa shape index (κ2) is 7.65. The zero-order valence-electron chi connectivity index (χ0n) is 13.1. The van der Waals surface area contributed by atoms with E-state index in [1.54, 1.807) is 18.1 Å². The Morgan fingerprint density at radius 1 is 1.17 bits per heavy atom. The molecular formula is C17H17N5OS. The minimum atomic E-state index is -0.282. The summed E-state index contributed by atoms with van der Waals surface area (Å²) in [5.41, 5.74) is 1.70. The van der Waals surface area contributed by atoms with E-state index < -0.39 is 0 Å². The summed E-state index contributed by atoms with van der Waals surface area (Å²) in [6.07, 6.45) is 3.63. The van der Waals surface area contributed by atoms with Crippen LogP contribution in [0.2, 0.25) is 0 Å². The number of benzene rings is 2. The lowest BCUT2D eigenvalue weighted by Crippen LogP contribution is -2.29. The van der Waals surface area contributed by atoms with Gasteiger partial charge in [-0.25, -0.2) is 4.79 Å². The molecule has 24 heavy (non-hydrogen) atoms. The van der Waals surface area contributed by atoms with Gasteiger partial charge in [0.1, 0.15) is 6.33 Å². The maximum atomic E-state index is 12.1. The lowest BCUT2D eigenvalue weighted by Gasteiger charge is -2.09. The Kier molecular flexibility index (Phi) is 5.12. The molecule has 0 spiro atoms. The molecule has 0 aliphatic heterocycles. The monoisotopic (exact) mass is 339 g/mol. The van der Waals surface area contributed by atoms with Crippen molar-refractivity contribution in [2.75, 3.05) is 11.6 Å². The van der Waals surface area contributed by atoms with Crippen molar-refractivity contribution in [3.63, 3.8) is 0 Å². The number of rotatable bonds is 5. The van der Waals surface area contributed by atoms with E-state index in [0.29, 0.717) is 5.82 Å². The van der Waals surface area contributed by atoms with Crippen LogP contribution in [-0.4, -0.2) is 27.1 Å². The van der Waals surface area contributed by atoms with Crippen LogP contribution >= 0.6 is 11.8 Å². The molecule has 1 heterocycles. The zero-order valence-corrected chi connectivity index (χ0v) is 14.0. The van der Waals surface area contributed by atoms with Crippen LogP contribution in [0.5, 0.6) is 0 Å². The van der Waals surface area contributed by atoms with Gasteiger partial charge in [-0.3, -0.25) is 4.57 Å². The fourth-order valence-electron chi connectivity index (χ4n) is 2.22. The summed E-state index contributed by atoms with van der Waals surface area (Å²) in [5, 5.41) is 13.6. The summed E-state index contributed by atoms with van der Waals surface area (Å²) >= 11 is 1.63. The molecular weight excluding hydrogens is 322 g/mol. The van der Waals surface area contributed by atoms with Gasteiger partial charge in [-0.05, 0) is 36.6 Å².